The minimum Gasteiger partial charge on any atom is -0.478 e. The van der Waals surface area contributed by atoms with Crippen LogP contribution in [0.1, 0.15) is 37.9 Å². The van der Waals surface area contributed by atoms with Crippen LogP contribution in [0, 0.1) is 5.82 Å². The first-order valence-electron chi connectivity index (χ1n) is 10.3. The molecule has 3 aromatic rings. The van der Waals surface area contributed by atoms with Crippen molar-refractivity contribution >= 4 is 17.2 Å². The number of hydrogen-bond acceptors (Lipinski definition) is 6. The SMILES string of the molecule is CC[C@@H](Oc1ccccc1F)C(=O)N1CCC(c2nc(-c3nccs3)cc(=O)[nH]2)CC1. The van der Waals surface area contributed by atoms with Gasteiger partial charge in [-0.05, 0) is 31.4 Å². The lowest BCUT2D eigenvalue weighted by Gasteiger charge is -2.33. The molecule has 1 aromatic carbocycles. The van der Waals surface area contributed by atoms with Gasteiger partial charge >= 0.3 is 0 Å². The Labute approximate surface area is 182 Å². The van der Waals surface area contributed by atoms with Gasteiger partial charge in [0.15, 0.2) is 17.7 Å². The first-order chi connectivity index (χ1) is 15.0. The minimum atomic E-state index is -0.736. The van der Waals surface area contributed by atoms with Gasteiger partial charge in [-0.25, -0.2) is 14.4 Å². The van der Waals surface area contributed by atoms with Crippen molar-refractivity contribution in [3.8, 4) is 16.5 Å². The number of halogens is 1. The van der Waals surface area contributed by atoms with Crippen molar-refractivity contribution in [3.63, 3.8) is 0 Å². The number of ether oxygens (including phenoxy) is 1. The van der Waals surface area contributed by atoms with Crippen LogP contribution in [-0.2, 0) is 4.79 Å². The van der Waals surface area contributed by atoms with Crippen LogP contribution >= 0.6 is 11.3 Å². The standard InChI is InChI=1S/C22H23FN4O3S/c1-2-17(30-18-6-4-3-5-15(18)23)22(29)27-10-7-14(8-11-27)20-25-16(13-19(28)26-20)21-24-9-12-31-21/h3-6,9,12-14,17H,2,7-8,10-11H2,1H3,(H,25,26,28)/t17-/m1/s1. The summed E-state index contributed by atoms with van der Waals surface area (Å²) in [6.07, 6.45) is 2.73. The Kier molecular flexibility index (Phi) is 6.41. The fraction of sp³-hybridized carbons (Fsp3) is 0.364. The Balaban J connectivity index is 1.42. The summed E-state index contributed by atoms with van der Waals surface area (Å²) in [5.41, 5.74) is 0.356. The number of H-pyrrole nitrogens is 1. The van der Waals surface area contributed by atoms with E-state index in [0.29, 0.717) is 48.9 Å². The van der Waals surface area contributed by atoms with E-state index in [1.54, 1.807) is 23.2 Å². The molecule has 1 aliphatic rings. The van der Waals surface area contributed by atoms with Crippen LogP contribution in [-0.4, -0.2) is 45.0 Å². The van der Waals surface area contributed by atoms with E-state index in [4.69, 9.17) is 4.74 Å². The fourth-order valence-electron chi connectivity index (χ4n) is 3.71. The molecule has 0 unspecified atom stereocenters. The number of carbonyl (C=O) groups is 1. The van der Waals surface area contributed by atoms with Crippen LogP contribution in [0.4, 0.5) is 4.39 Å². The van der Waals surface area contributed by atoms with Crippen molar-refractivity contribution < 1.29 is 13.9 Å². The van der Waals surface area contributed by atoms with Crippen molar-refractivity contribution in [1.29, 1.82) is 0 Å². The number of amides is 1. The molecule has 9 heteroatoms. The first-order valence-corrected chi connectivity index (χ1v) is 11.1. The fourth-order valence-corrected chi connectivity index (χ4v) is 4.31. The molecule has 1 saturated heterocycles. The van der Waals surface area contributed by atoms with E-state index in [2.05, 4.69) is 15.0 Å². The molecule has 31 heavy (non-hydrogen) atoms. The molecule has 7 nitrogen and oxygen atoms in total. The second kappa shape index (κ2) is 9.38. The van der Waals surface area contributed by atoms with Gasteiger partial charge in [-0.15, -0.1) is 11.3 Å². The van der Waals surface area contributed by atoms with Crippen molar-refractivity contribution in [2.75, 3.05) is 13.1 Å². The molecule has 0 bridgehead atoms. The van der Waals surface area contributed by atoms with Crippen molar-refractivity contribution in [2.45, 2.75) is 38.2 Å². The number of rotatable bonds is 6. The van der Waals surface area contributed by atoms with Crippen molar-refractivity contribution in [2.24, 2.45) is 0 Å². The maximum atomic E-state index is 13.9. The summed E-state index contributed by atoms with van der Waals surface area (Å²) in [6.45, 7) is 2.88. The Hall–Kier alpha value is -3.07. The number of carbonyl (C=O) groups excluding carboxylic acids is 1. The maximum Gasteiger partial charge on any atom is 0.263 e. The number of thiazole rings is 1. The number of benzene rings is 1. The summed E-state index contributed by atoms with van der Waals surface area (Å²) in [5.74, 6) is 0.117. The van der Waals surface area contributed by atoms with Crippen LogP contribution in [0.25, 0.3) is 10.7 Å². The predicted octanol–water partition coefficient (Wildman–Crippen LogP) is 3.60. The van der Waals surface area contributed by atoms with Gasteiger partial charge in [0.2, 0.25) is 0 Å². The Morgan fingerprint density at radius 2 is 2.13 bits per heavy atom. The monoisotopic (exact) mass is 442 g/mol. The third-order valence-corrected chi connectivity index (χ3v) is 6.15. The van der Waals surface area contributed by atoms with E-state index >= 15 is 0 Å². The molecule has 3 heterocycles. The first kappa shape index (κ1) is 21.2. The molecule has 0 saturated carbocycles. The van der Waals surface area contributed by atoms with Gasteiger partial charge in [-0.2, -0.15) is 0 Å². The van der Waals surface area contributed by atoms with Crippen LogP contribution in [0.3, 0.4) is 0 Å². The van der Waals surface area contributed by atoms with Gasteiger partial charge in [0.05, 0.1) is 0 Å². The molecule has 2 aromatic heterocycles. The highest BCUT2D eigenvalue weighted by Gasteiger charge is 2.30. The van der Waals surface area contributed by atoms with E-state index in [0.717, 1.165) is 0 Å². The summed E-state index contributed by atoms with van der Waals surface area (Å²) in [5, 5.41) is 2.55. The lowest BCUT2D eigenvalue weighted by molar-refractivity contribution is -0.140. The van der Waals surface area contributed by atoms with E-state index in [-0.39, 0.29) is 23.1 Å². The van der Waals surface area contributed by atoms with Gasteiger partial charge in [0.25, 0.3) is 11.5 Å². The number of likely N-dealkylation sites (tertiary alicyclic amines) is 1. The molecule has 162 valence electrons. The highest BCUT2D eigenvalue weighted by molar-refractivity contribution is 7.13. The van der Waals surface area contributed by atoms with Crippen LogP contribution in [0.2, 0.25) is 0 Å². The number of nitrogens with one attached hydrogen (secondary N) is 1. The Morgan fingerprint density at radius 3 is 2.81 bits per heavy atom. The Bertz CT molecular complexity index is 1090. The van der Waals surface area contributed by atoms with E-state index in [1.165, 1.54) is 29.5 Å². The van der Waals surface area contributed by atoms with Crippen LogP contribution in [0.5, 0.6) is 5.75 Å². The predicted molar refractivity (Wildman–Crippen MR) is 116 cm³/mol. The third-order valence-electron chi connectivity index (χ3n) is 5.36. The molecule has 1 atom stereocenters. The molecule has 1 N–H and O–H groups in total. The maximum absolute atomic E-state index is 13.9. The number of nitrogens with zero attached hydrogens (tertiary/aromatic N) is 3. The van der Waals surface area contributed by atoms with E-state index in [1.807, 2.05) is 12.3 Å². The molecular weight excluding hydrogens is 419 g/mol. The normalized spacial score (nSPS) is 15.6. The average molecular weight is 443 g/mol. The van der Waals surface area contributed by atoms with Gasteiger partial charge < -0.3 is 14.6 Å². The van der Waals surface area contributed by atoms with Gasteiger partial charge in [0, 0.05) is 36.7 Å². The second-order valence-electron chi connectivity index (χ2n) is 7.40. The summed E-state index contributed by atoms with van der Waals surface area (Å²) < 4.78 is 19.6. The molecule has 1 fully saturated rings. The molecule has 0 spiro atoms. The molecule has 1 amide bonds. The quantitative estimate of drug-likeness (QED) is 0.630. The van der Waals surface area contributed by atoms with Gasteiger partial charge in [-0.1, -0.05) is 19.1 Å². The van der Waals surface area contributed by atoms with Gasteiger partial charge in [-0.3, -0.25) is 9.59 Å². The van der Waals surface area contributed by atoms with E-state index in [9.17, 15) is 14.0 Å². The third kappa shape index (κ3) is 4.82. The van der Waals surface area contributed by atoms with Crippen molar-refractivity contribution in [3.05, 3.63) is 63.9 Å². The summed E-state index contributed by atoms with van der Waals surface area (Å²) in [4.78, 5) is 38.5. The zero-order chi connectivity index (χ0) is 21.8. The molecule has 4 rings (SSSR count). The number of para-hydroxylation sites is 1. The summed E-state index contributed by atoms with van der Waals surface area (Å²) in [7, 11) is 0. The largest absolute Gasteiger partial charge is 0.478 e. The highest BCUT2D eigenvalue weighted by atomic mass is 32.1. The van der Waals surface area contributed by atoms with E-state index < -0.39 is 11.9 Å². The highest BCUT2D eigenvalue weighted by Crippen LogP contribution is 2.28. The molecule has 1 aliphatic heterocycles. The zero-order valence-electron chi connectivity index (χ0n) is 17.1. The number of aromatic amines is 1. The smallest absolute Gasteiger partial charge is 0.263 e. The molecule has 0 radical (unpaired) electrons. The second-order valence-corrected chi connectivity index (χ2v) is 8.29. The lowest BCUT2D eigenvalue weighted by atomic mass is 9.95. The van der Waals surface area contributed by atoms with Crippen LogP contribution in [0.15, 0.2) is 46.7 Å². The number of aromatic nitrogens is 3. The van der Waals surface area contributed by atoms with Crippen LogP contribution < -0.4 is 10.3 Å². The number of piperidine rings is 1. The minimum absolute atomic E-state index is 0.0456. The summed E-state index contributed by atoms with van der Waals surface area (Å²) in [6, 6.07) is 7.54. The topological polar surface area (TPSA) is 88.2 Å². The summed E-state index contributed by atoms with van der Waals surface area (Å²) >= 11 is 1.43. The van der Waals surface area contributed by atoms with Gasteiger partial charge in [0.1, 0.15) is 16.5 Å². The van der Waals surface area contributed by atoms with Crippen molar-refractivity contribution in [1.82, 2.24) is 19.9 Å². The molecule has 0 aliphatic carbocycles. The Morgan fingerprint density at radius 1 is 1.35 bits per heavy atom. The molecular formula is C22H23FN4O3S. The number of hydrogen-bond donors (Lipinski definition) is 1. The average Bonchev–Trinajstić information content (AvgIpc) is 3.33. The zero-order valence-corrected chi connectivity index (χ0v) is 17.9. The lowest BCUT2D eigenvalue weighted by Crippen LogP contribution is -2.45.